The van der Waals surface area contributed by atoms with Gasteiger partial charge in [0.1, 0.15) is 0 Å². The minimum absolute atomic E-state index is 0.0221. The lowest BCUT2D eigenvalue weighted by molar-refractivity contribution is -0.158. The summed E-state index contributed by atoms with van der Waals surface area (Å²) in [6.45, 7) is 1.05. The number of esters is 1. The first-order valence-corrected chi connectivity index (χ1v) is 4.78. The van der Waals surface area contributed by atoms with E-state index in [0.29, 0.717) is 13.1 Å². The lowest BCUT2D eigenvalue weighted by Crippen LogP contribution is -2.43. The van der Waals surface area contributed by atoms with Crippen molar-refractivity contribution < 1.29 is 14.3 Å². The molecule has 2 N–H and O–H groups in total. The molecule has 0 aromatic rings. The molecule has 80 valence electrons. The molecule has 0 aromatic carbocycles. The number of rotatable bonds is 0. The highest BCUT2D eigenvalue weighted by Gasteiger charge is 2.25. The second kappa shape index (κ2) is 4.95. The van der Waals surface area contributed by atoms with E-state index in [2.05, 4.69) is 4.74 Å². The molecule has 1 heterocycles. The van der Waals surface area contributed by atoms with Crippen LogP contribution in [0.15, 0.2) is 0 Å². The molecule has 5 heteroatoms. The molecule has 1 unspecified atom stereocenters. The van der Waals surface area contributed by atoms with Crippen molar-refractivity contribution in [1.82, 2.24) is 4.90 Å². The van der Waals surface area contributed by atoms with E-state index < -0.39 is 11.9 Å². The SMILES string of the molecule is COC(=O)C(=O)N1CCCCC(N)C1. The highest BCUT2D eigenvalue weighted by Crippen LogP contribution is 2.09. The van der Waals surface area contributed by atoms with Crippen LogP contribution in [0.3, 0.4) is 0 Å². The van der Waals surface area contributed by atoms with Crippen molar-refractivity contribution in [2.45, 2.75) is 25.3 Å². The number of nitrogens with two attached hydrogens (primary N) is 1. The van der Waals surface area contributed by atoms with Gasteiger partial charge in [-0.2, -0.15) is 0 Å². The maximum absolute atomic E-state index is 11.4. The van der Waals surface area contributed by atoms with Gasteiger partial charge in [-0.25, -0.2) is 4.79 Å². The Morgan fingerprint density at radius 1 is 1.43 bits per heavy atom. The third-order valence-corrected chi connectivity index (χ3v) is 2.36. The van der Waals surface area contributed by atoms with Crippen LogP contribution in [0, 0.1) is 0 Å². The van der Waals surface area contributed by atoms with E-state index in [-0.39, 0.29) is 6.04 Å². The van der Waals surface area contributed by atoms with Crippen molar-refractivity contribution in [3.63, 3.8) is 0 Å². The third-order valence-electron chi connectivity index (χ3n) is 2.36. The van der Waals surface area contributed by atoms with Crippen LogP contribution in [-0.2, 0) is 14.3 Å². The van der Waals surface area contributed by atoms with Crippen molar-refractivity contribution in [2.24, 2.45) is 5.73 Å². The van der Waals surface area contributed by atoms with Gasteiger partial charge in [-0.1, -0.05) is 6.42 Å². The van der Waals surface area contributed by atoms with Gasteiger partial charge in [0.15, 0.2) is 0 Å². The molecule has 5 nitrogen and oxygen atoms in total. The van der Waals surface area contributed by atoms with Crippen LogP contribution in [0.4, 0.5) is 0 Å². The number of nitrogens with zero attached hydrogens (tertiary/aromatic N) is 1. The number of carbonyl (C=O) groups is 2. The lowest BCUT2D eigenvalue weighted by Gasteiger charge is -2.20. The summed E-state index contributed by atoms with van der Waals surface area (Å²) in [7, 11) is 1.21. The van der Waals surface area contributed by atoms with Crippen LogP contribution < -0.4 is 5.73 Å². The number of ether oxygens (including phenoxy) is 1. The number of hydrogen-bond donors (Lipinski definition) is 1. The molecule has 0 aromatic heterocycles. The van der Waals surface area contributed by atoms with Crippen LogP contribution in [-0.4, -0.2) is 43.0 Å². The zero-order valence-electron chi connectivity index (χ0n) is 8.36. The molecule has 0 saturated carbocycles. The van der Waals surface area contributed by atoms with E-state index in [1.54, 1.807) is 0 Å². The minimum Gasteiger partial charge on any atom is -0.462 e. The second-order valence-corrected chi connectivity index (χ2v) is 3.50. The van der Waals surface area contributed by atoms with Crippen LogP contribution in [0.2, 0.25) is 0 Å². The summed E-state index contributed by atoms with van der Waals surface area (Å²) in [6, 6.07) is -0.0221. The normalized spacial score (nSPS) is 22.7. The van der Waals surface area contributed by atoms with Gasteiger partial charge in [-0.05, 0) is 12.8 Å². The molecular formula is C9H16N2O3. The Kier molecular flexibility index (Phi) is 3.88. The molecule has 0 radical (unpaired) electrons. The van der Waals surface area contributed by atoms with Crippen LogP contribution in [0.5, 0.6) is 0 Å². The van der Waals surface area contributed by atoms with Gasteiger partial charge in [0.05, 0.1) is 7.11 Å². The van der Waals surface area contributed by atoms with Crippen LogP contribution in [0.1, 0.15) is 19.3 Å². The summed E-state index contributed by atoms with van der Waals surface area (Å²) in [5.41, 5.74) is 5.76. The molecule has 1 fully saturated rings. The molecule has 0 spiro atoms. The van der Waals surface area contributed by atoms with E-state index in [1.165, 1.54) is 12.0 Å². The first-order chi connectivity index (χ1) is 6.65. The number of amides is 1. The number of likely N-dealkylation sites (tertiary alicyclic amines) is 1. The molecule has 1 amide bonds. The summed E-state index contributed by atoms with van der Waals surface area (Å²) in [5, 5.41) is 0. The molecule has 1 atom stereocenters. The molecule has 1 saturated heterocycles. The molecule has 1 aliphatic heterocycles. The van der Waals surface area contributed by atoms with E-state index in [9.17, 15) is 9.59 Å². The quantitative estimate of drug-likeness (QED) is 0.422. The third kappa shape index (κ3) is 2.70. The van der Waals surface area contributed by atoms with Crippen molar-refractivity contribution in [3.05, 3.63) is 0 Å². The maximum Gasteiger partial charge on any atom is 0.396 e. The van der Waals surface area contributed by atoms with Gasteiger partial charge in [0.2, 0.25) is 0 Å². The topological polar surface area (TPSA) is 72.6 Å². The highest BCUT2D eigenvalue weighted by atomic mass is 16.5. The van der Waals surface area contributed by atoms with Crippen molar-refractivity contribution >= 4 is 11.9 Å². The fourth-order valence-corrected chi connectivity index (χ4v) is 1.58. The van der Waals surface area contributed by atoms with Crippen molar-refractivity contribution in [3.8, 4) is 0 Å². The Balaban J connectivity index is 2.57. The van der Waals surface area contributed by atoms with E-state index in [0.717, 1.165) is 19.3 Å². The van der Waals surface area contributed by atoms with Crippen LogP contribution in [0.25, 0.3) is 0 Å². The molecule has 0 bridgehead atoms. The largest absolute Gasteiger partial charge is 0.462 e. The highest BCUT2D eigenvalue weighted by molar-refractivity contribution is 6.32. The second-order valence-electron chi connectivity index (χ2n) is 3.50. The molecule has 1 aliphatic rings. The van der Waals surface area contributed by atoms with E-state index >= 15 is 0 Å². The fraction of sp³-hybridized carbons (Fsp3) is 0.778. The summed E-state index contributed by atoms with van der Waals surface area (Å²) < 4.78 is 4.37. The summed E-state index contributed by atoms with van der Waals surface area (Å²) >= 11 is 0. The van der Waals surface area contributed by atoms with E-state index in [4.69, 9.17) is 5.73 Å². The standard InChI is InChI=1S/C9H16N2O3/c1-14-9(13)8(12)11-5-3-2-4-7(10)6-11/h7H,2-6,10H2,1H3. The van der Waals surface area contributed by atoms with Crippen LogP contribution >= 0.6 is 0 Å². The zero-order chi connectivity index (χ0) is 10.6. The van der Waals surface area contributed by atoms with Gasteiger partial charge in [0.25, 0.3) is 0 Å². The van der Waals surface area contributed by atoms with Gasteiger partial charge in [0, 0.05) is 19.1 Å². The zero-order valence-corrected chi connectivity index (χ0v) is 8.36. The Morgan fingerprint density at radius 3 is 2.79 bits per heavy atom. The molecule has 14 heavy (non-hydrogen) atoms. The summed E-state index contributed by atoms with van der Waals surface area (Å²) in [4.78, 5) is 23.9. The predicted octanol–water partition coefficient (Wildman–Crippen LogP) is -0.501. The number of carbonyl (C=O) groups excluding carboxylic acids is 2. The number of methoxy groups -OCH3 is 1. The molecule has 0 aliphatic carbocycles. The minimum atomic E-state index is -0.806. The fourth-order valence-electron chi connectivity index (χ4n) is 1.58. The molecular weight excluding hydrogens is 184 g/mol. The monoisotopic (exact) mass is 200 g/mol. The van der Waals surface area contributed by atoms with Gasteiger partial charge in [-0.15, -0.1) is 0 Å². The molecule has 1 rings (SSSR count). The summed E-state index contributed by atoms with van der Waals surface area (Å²) in [5.74, 6) is -1.39. The Morgan fingerprint density at radius 2 is 2.14 bits per heavy atom. The lowest BCUT2D eigenvalue weighted by atomic mass is 10.2. The average Bonchev–Trinajstić information content (AvgIpc) is 2.40. The van der Waals surface area contributed by atoms with Gasteiger partial charge < -0.3 is 15.4 Å². The predicted molar refractivity (Wildman–Crippen MR) is 50.4 cm³/mol. The van der Waals surface area contributed by atoms with Crippen molar-refractivity contribution in [1.29, 1.82) is 0 Å². The maximum atomic E-state index is 11.4. The first kappa shape index (κ1) is 11.0. The Labute approximate surface area is 83.2 Å². The average molecular weight is 200 g/mol. The van der Waals surface area contributed by atoms with E-state index in [1.807, 2.05) is 0 Å². The van der Waals surface area contributed by atoms with Gasteiger partial charge in [-0.3, -0.25) is 4.79 Å². The Bertz CT molecular complexity index is 230. The van der Waals surface area contributed by atoms with Gasteiger partial charge >= 0.3 is 11.9 Å². The smallest absolute Gasteiger partial charge is 0.396 e. The first-order valence-electron chi connectivity index (χ1n) is 4.78. The summed E-state index contributed by atoms with van der Waals surface area (Å²) in [6.07, 6.45) is 2.81. The van der Waals surface area contributed by atoms with Crippen molar-refractivity contribution in [2.75, 3.05) is 20.2 Å². The number of hydrogen-bond acceptors (Lipinski definition) is 4. The Hall–Kier alpha value is -1.10.